The standard InChI is InChI=1S/C19H19F2NO2/c1-7-12-15(20)10-16(21)13-8-11(24-18(23)22(5)6)9-14(17(12)13)19(2,3)4/h1,8-10H,2-6H3. The van der Waals surface area contributed by atoms with Gasteiger partial charge in [-0.05, 0) is 23.1 Å². The van der Waals surface area contributed by atoms with Crippen molar-refractivity contribution in [1.82, 2.24) is 4.90 Å². The van der Waals surface area contributed by atoms with Crippen molar-refractivity contribution in [1.29, 1.82) is 0 Å². The fraction of sp³-hybridized carbons (Fsp3) is 0.316. The van der Waals surface area contributed by atoms with Gasteiger partial charge >= 0.3 is 6.09 Å². The van der Waals surface area contributed by atoms with E-state index >= 15 is 0 Å². The highest BCUT2D eigenvalue weighted by molar-refractivity contribution is 5.94. The number of terminal acetylenes is 1. The van der Waals surface area contributed by atoms with Crippen LogP contribution in [0.25, 0.3) is 10.8 Å². The lowest BCUT2D eigenvalue weighted by Crippen LogP contribution is -2.25. The van der Waals surface area contributed by atoms with Crippen LogP contribution in [0.4, 0.5) is 13.6 Å². The highest BCUT2D eigenvalue weighted by Crippen LogP contribution is 2.37. The SMILES string of the molecule is C#Cc1c(F)cc(F)c2cc(OC(=O)N(C)C)cc(C(C)(C)C)c12. The van der Waals surface area contributed by atoms with E-state index in [-0.39, 0.29) is 16.7 Å². The molecule has 0 bridgehead atoms. The number of ether oxygens (including phenoxy) is 1. The minimum absolute atomic E-state index is 0.00168. The van der Waals surface area contributed by atoms with Gasteiger partial charge in [-0.1, -0.05) is 26.7 Å². The predicted molar refractivity (Wildman–Crippen MR) is 90.2 cm³/mol. The van der Waals surface area contributed by atoms with Crippen LogP contribution < -0.4 is 4.74 Å². The average Bonchev–Trinajstić information content (AvgIpc) is 2.46. The van der Waals surface area contributed by atoms with Gasteiger partial charge in [0.2, 0.25) is 0 Å². The zero-order valence-electron chi connectivity index (χ0n) is 14.3. The van der Waals surface area contributed by atoms with E-state index in [1.54, 1.807) is 20.2 Å². The van der Waals surface area contributed by atoms with Crippen LogP contribution in [-0.2, 0) is 5.41 Å². The molecule has 5 heteroatoms. The Kier molecular flexibility index (Phi) is 4.52. The van der Waals surface area contributed by atoms with Gasteiger partial charge < -0.3 is 9.64 Å². The zero-order valence-corrected chi connectivity index (χ0v) is 14.3. The van der Waals surface area contributed by atoms with Gasteiger partial charge in [-0.15, -0.1) is 6.42 Å². The van der Waals surface area contributed by atoms with Crippen molar-refractivity contribution < 1.29 is 18.3 Å². The molecule has 0 atom stereocenters. The summed E-state index contributed by atoms with van der Waals surface area (Å²) in [7, 11) is 3.08. The van der Waals surface area contributed by atoms with Gasteiger partial charge in [-0.25, -0.2) is 13.6 Å². The van der Waals surface area contributed by atoms with Gasteiger partial charge in [0.25, 0.3) is 0 Å². The van der Waals surface area contributed by atoms with Gasteiger partial charge in [0.1, 0.15) is 17.4 Å². The van der Waals surface area contributed by atoms with Crippen LogP contribution in [0.15, 0.2) is 18.2 Å². The van der Waals surface area contributed by atoms with Crippen LogP contribution in [0.1, 0.15) is 31.9 Å². The molecule has 0 heterocycles. The number of nitrogens with zero attached hydrogens (tertiary/aromatic N) is 1. The maximum atomic E-state index is 14.3. The fourth-order valence-corrected chi connectivity index (χ4v) is 2.44. The molecule has 0 saturated heterocycles. The second-order valence-corrected chi connectivity index (χ2v) is 6.77. The lowest BCUT2D eigenvalue weighted by Gasteiger charge is -2.24. The summed E-state index contributed by atoms with van der Waals surface area (Å²) in [5.41, 5.74) is 0.139. The van der Waals surface area contributed by atoms with Crippen LogP contribution >= 0.6 is 0 Å². The first-order valence-corrected chi connectivity index (χ1v) is 7.38. The lowest BCUT2D eigenvalue weighted by molar-refractivity contribution is 0.172. The molecule has 3 nitrogen and oxygen atoms in total. The number of benzene rings is 2. The molecule has 0 spiro atoms. The smallest absolute Gasteiger partial charge is 0.410 e. The Morgan fingerprint density at radius 2 is 1.79 bits per heavy atom. The van der Waals surface area contributed by atoms with Gasteiger partial charge in [0.15, 0.2) is 0 Å². The van der Waals surface area contributed by atoms with Crippen molar-refractivity contribution in [2.75, 3.05) is 14.1 Å². The largest absolute Gasteiger partial charge is 0.414 e. The van der Waals surface area contributed by atoms with E-state index in [1.807, 2.05) is 20.8 Å². The molecule has 0 aliphatic heterocycles. The van der Waals surface area contributed by atoms with Crippen LogP contribution in [0.5, 0.6) is 5.75 Å². The zero-order chi connectivity index (χ0) is 18.2. The third-order valence-electron chi connectivity index (χ3n) is 3.63. The van der Waals surface area contributed by atoms with Gasteiger partial charge in [-0.2, -0.15) is 0 Å². The second kappa shape index (κ2) is 6.12. The number of halogens is 2. The van der Waals surface area contributed by atoms with E-state index < -0.39 is 23.1 Å². The molecule has 0 radical (unpaired) electrons. The summed E-state index contributed by atoms with van der Waals surface area (Å²) >= 11 is 0. The van der Waals surface area contributed by atoms with E-state index in [2.05, 4.69) is 5.92 Å². The third kappa shape index (κ3) is 3.18. The summed E-state index contributed by atoms with van der Waals surface area (Å²) in [5, 5.41) is 0.450. The van der Waals surface area contributed by atoms with Crippen LogP contribution in [0, 0.1) is 24.0 Å². The van der Waals surface area contributed by atoms with Crippen molar-refractivity contribution in [3.63, 3.8) is 0 Å². The van der Waals surface area contributed by atoms with Crippen molar-refractivity contribution in [2.45, 2.75) is 26.2 Å². The lowest BCUT2D eigenvalue weighted by atomic mass is 9.82. The van der Waals surface area contributed by atoms with E-state index in [0.29, 0.717) is 10.9 Å². The van der Waals surface area contributed by atoms with E-state index in [9.17, 15) is 13.6 Å². The summed E-state index contributed by atoms with van der Waals surface area (Å²) < 4.78 is 33.7. The van der Waals surface area contributed by atoms with Crippen molar-refractivity contribution in [3.8, 4) is 18.1 Å². The van der Waals surface area contributed by atoms with Crippen LogP contribution in [0.2, 0.25) is 0 Å². The number of rotatable bonds is 1. The molecule has 0 aliphatic rings. The third-order valence-corrected chi connectivity index (χ3v) is 3.63. The minimum atomic E-state index is -0.786. The van der Waals surface area contributed by atoms with Crippen LogP contribution in [0.3, 0.4) is 0 Å². The normalized spacial score (nSPS) is 11.2. The molecule has 0 aromatic heterocycles. The first-order chi connectivity index (χ1) is 11.1. The molecule has 2 rings (SSSR count). The van der Waals surface area contributed by atoms with E-state index in [0.717, 1.165) is 6.07 Å². The summed E-state index contributed by atoms with van der Waals surface area (Å²) in [5.74, 6) is 0.938. The topological polar surface area (TPSA) is 29.5 Å². The molecule has 0 unspecified atom stereocenters. The van der Waals surface area contributed by atoms with Crippen LogP contribution in [-0.4, -0.2) is 25.1 Å². The van der Waals surface area contributed by atoms with Crippen molar-refractivity contribution in [3.05, 3.63) is 41.0 Å². The molecule has 2 aromatic carbocycles. The summed E-state index contributed by atoms with van der Waals surface area (Å²) in [4.78, 5) is 13.0. The Labute approximate surface area is 140 Å². The molecular weight excluding hydrogens is 312 g/mol. The monoisotopic (exact) mass is 331 g/mol. The van der Waals surface area contributed by atoms with Gasteiger partial charge in [0, 0.05) is 30.9 Å². The molecule has 24 heavy (non-hydrogen) atoms. The quantitative estimate of drug-likeness (QED) is 0.722. The summed E-state index contributed by atoms with van der Waals surface area (Å²) in [6.07, 6.45) is 4.84. The Morgan fingerprint density at radius 3 is 2.29 bits per heavy atom. The minimum Gasteiger partial charge on any atom is -0.410 e. The average molecular weight is 331 g/mol. The number of hydrogen-bond donors (Lipinski definition) is 0. The molecular formula is C19H19F2NO2. The first-order valence-electron chi connectivity index (χ1n) is 7.38. The molecule has 0 fully saturated rings. The van der Waals surface area contributed by atoms with E-state index in [1.165, 1.54) is 11.0 Å². The number of amides is 1. The Bertz CT molecular complexity index is 859. The maximum absolute atomic E-state index is 14.3. The second-order valence-electron chi connectivity index (χ2n) is 6.77. The predicted octanol–water partition coefficient (Wildman–Crippen LogP) is 4.46. The molecule has 126 valence electrons. The molecule has 2 aromatic rings. The molecule has 0 N–H and O–H groups in total. The Morgan fingerprint density at radius 1 is 1.17 bits per heavy atom. The Balaban J connectivity index is 2.86. The van der Waals surface area contributed by atoms with E-state index in [4.69, 9.17) is 11.2 Å². The first kappa shape index (κ1) is 17.7. The number of hydrogen-bond acceptors (Lipinski definition) is 2. The fourth-order valence-electron chi connectivity index (χ4n) is 2.44. The van der Waals surface area contributed by atoms with Gasteiger partial charge in [0.05, 0.1) is 5.56 Å². The molecule has 0 saturated carbocycles. The van der Waals surface area contributed by atoms with Gasteiger partial charge in [-0.3, -0.25) is 0 Å². The molecule has 1 amide bonds. The number of carbonyl (C=O) groups excluding carboxylic acids is 1. The Hall–Kier alpha value is -2.61. The summed E-state index contributed by atoms with van der Waals surface area (Å²) in [6, 6.07) is 3.71. The maximum Gasteiger partial charge on any atom is 0.414 e. The highest BCUT2D eigenvalue weighted by Gasteiger charge is 2.24. The van der Waals surface area contributed by atoms with Crippen molar-refractivity contribution in [2.24, 2.45) is 0 Å². The summed E-state index contributed by atoms with van der Waals surface area (Å²) in [6.45, 7) is 5.67. The van der Waals surface area contributed by atoms with Crippen molar-refractivity contribution >= 4 is 16.9 Å². The highest BCUT2D eigenvalue weighted by atomic mass is 19.1. The number of carbonyl (C=O) groups is 1. The molecule has 0 aliphatic carbocycles. The number of fused-ring (bicyclic) bond motifs is 1.